The molecule has 0 unspecified atom stereocenters. The van der Waals surface area contributed by atoms with Gasteiger partial charge in [0.25, 0.3) is 17.8 Å². The number of likely N-dealkylation sites (N-methyl/N-ethyl adjacent to an activating group) is 1. The van der Waals surface area contributed by atoms with Gasteiger partial charge in [0.2, 0.25) is 0 Å². The average molecular weight is 482 g/mol. The molecule has 176 valence electrons. The summed E-state index contributed by atoms with van der Waals surface area (Å²) < 4.78 is 69.6. The number of sulfone groups is 1. The summed E-state index contributed by atoms with van der Waals surface area (Å²) in [5.41, 5.74) is 0.224. The molecule has 0 N–H and O–H groups in total. The lowest BCUT2D eigenvalue weighted by molar-refractivity contribution is 0.0664. The number of fused-ring (bicyclic) bond motifs is 1. The molecule has 8 nitrogen and oxygen atoms in total. The normalized spacial score (nSPS) is 17.1. The van der Waals surface area contributed by atoms with E-state index >= 15 is 4.39 Å². The zero-order valence-electron chi connectivity index (χ0n) is 17.7. The van der Waals surface area contributed by atoms with Crippen molar-refractivity contribution in [2.75, 3.05) is 49.9 Å². The minimum absolute atomic E-state index is 0.112. The van der Waals surface area contributed by atoms with Gasteiger partial charge in [-0.05, 0) is 18.7 Å². The number of carbonyl (C=O) groups excluding carboxylic acids is 2. The smallest absolute Gasteiger partial charge is 0.261 e. The van der Waals surface area contributed by atoms with Crippen molar-refractivity contribution < 1.29 is 31.2 Å². The van der Waals surface area contributed by atoms with Crippen LogP contribution in [-0.4, -0.2) is 80.0 Å². The Balaban J connectivity index is 1.60. The molecule has 2 amide bonds. The molecule has 0 saturated carbocycles. The Morgan fingerprint density at radius 2 is 1.52 bits per heavy atom. The largest absolute Gasteiger partial charge is 0.351 e. The maximum absolute atomic E-state index is 15.2. The number of carbonyl (C=O) groups is 2. The number of rotatable bonds is 6. The zero-order chi connectivity index (χ0) is 23.9. The molecule has 0 atom stereocenters. The van der Waals surface area contributed by atoms with Crippen molar-refractivity contribution in [2.24, 2.45) is 0 Å². The molecule has 1 fully saturated rings. The molecule has 1 aromatic carbocycles. The van der Waals surface area contributed by atoms with Crippen molar-refractivity contribution in [3.63, 3.8) is 0 Å². The Hall–Kier alpha value is -2.99. The van der Waals surface area contributed by atoms with Crippen LogP contribution in [0.2, 0.25) is 0 Å². The molecular weight excluding hydrogens is 461 g/mol. The van der Waals surface area contributed by atoms with Gasteiger partial charge in [0.1, 0.15) is 4.90 Å². The number of hydrogen-bond donors (Lipinski definition) is 0. The van der Waals surface area contributed by atoms with Gasteiger partial charge >= 0.3 is 0 Å². The Morgan fingerprint density at radius 3 is 2.06 bits per heavy atom. The van der Waals surface area contributed by atoms with E-state index in [-0.39, 0.29) is 24.2 Å². The predicted molar refractivity (Wildman–Crippen MR) is 112 cm³/mol. The van der Waals surface area contributed by atoms with E-state index in [9.17, 15) is 26.8 Å². The first-order chi connectivity index (χ1) is 15.7. The number of benzene rings is 1. The van der Waals surface area contributed by atoms with Crippen LogP contribution in [0.4, 0.5) is 19.0 Å². The van der Waals surface area contributed by atoms with Gasteiger partial charge in [-0.25, -0.2) is 17.2 Å². The molecule has 0 radical (unpaired) electrons. The number of piperazine rings is 1. The summed E-state index contributed by atoms with van der Waals surface area (Å²) in [6.07, 6.45) is 0. The molecule has 3 heterocycles. The Bertz CT molecular complexity index is 1200. The summed E-state index contributed by atoms with van der Waals surface area (Å²) >= 11 is 0. The van der Waals surface area contributed by atoms with Crippen molar-refractivity contribution in [1.82, 2.24) is 14.8 Å². The van der Waals surface area contributed by atoms with Crippen molar-refractivity contribution in [2.45, 2.75) is 11.8 Å². The van der Waals surface area contributed by atoms with E-state index in [0.29, 0.717) is 18.0 Å². The number of hydrogen-bond acceptors (Lipinski definition) is 7. The van der Waals surface area contributed by atoms with Crippen LogP contribution in [0.3, 0.4) is 0 Å². The minimum Gasteiger partial charge on any atom is -0.351 e. The van der Waals surface area contributed by atoms with E-state index in [4.69, 9.17) is 0 Å². The summed E-state index contributed by atoms with van der Waals surface area (Å²) in [4.78, 5) is 30.9. The summed E-state index contributed by atoms with van der Waals surface area (Å²) in [5, 5.41) is 0. The third-order valence-corrected chi connectivity index (χ3v) is 7.57. The Kier molecular flexibility index (Phi) is 6.14. The van der Waals surface area contributed by atoms with Gasteiger partial charge in [-0.15, -0.1) is 0 Å². The van der Waals surface area contributed by atoms with Crippen molar-refractivity contribution in [3.05, 3.63) is 53.0 Å². The van der Waals surface area contributed by atoms with Crippen LogP contribution in [0, 0.1) is 17.6 Å². The highest BCUT2D eigenvalue weighted by atomic mass is 32.2. The van der Waals surface area contributed by atoms with Crippen LogP contribution >= 0.6 is 0 Å². The van der Waals surface area contributed by atoms with Crippen molar-refractivity contribution >= 4 is 27.5 Å². The maximum Gasteiger partial charge on any atom is 0.261 e. The third-order valence-electron chi connectivity index (χ3n) is 5.87. The van der Waals surface area contributed by atoms with Gasteiger partial charge < -0.3 is 9.80 Å². The van der Waals surface area contributed by atoms with Crippen molar-refractivity contribution in [3.8, 4) is 0 Å². The van der Waals surface area contributed by atoms with Gasteiger partial charge in [-0.2, -0.15) is 9.37 Å². The van der Waals surface area contributed by atoms with Crippen LogP contribution in [0.15, 0.2) is 29.2 Å². The monoisotopic (exact) mass is 482 g/mol. The highest BCUT2D eigenvalue weighted by Gasteiger charge is 2.38. The maximum atomic E-state index is 15.2. The fraction of sp³-hybridized carbons (Fsp3) is 0.381. The number of pyridine rings is 1. The first-order valence-electron chi connectivity index (χ1n) is 10.4. The fourth-order valence-electron chi connectivity index (χ4n) is 4.00. The van der Waals surface area contributed by atoms with Crippen LogP contribution in [0.5, 0.6) is 0 Å². The zero-order valence-corrected chi connectivity index (χ0v) is 18.5. The number of nitrogens with zero attached hydrogens (tertiary/aromatic N) is 4. The number of aromatic nitrogens is 1. The molecule has 2 aromatic rings. The summed E-state index contributed by atoms with van der Waals surface area (Å²) in [5.74, 6) is -8.11. The summed E-state index contributed by atoms with van der Waals surface area (Å²) in [6.45, 7) is 3.65. The van der Waals surface area contributed by atoms with E-state index < -0.39 is 62.2 Å². The second kappa shape index (κ2) is 8.75. The first kappa shape index (κ1) is 23.2. The molecule has 33 heavy (non-hydrogen) atoms. The number of imide groups is 1. The molecule has 1 saturated heterocycles. The number of halogens is 3. The lowest BCUT2D eigenvalue weighted by atomic mass is 10.1. The van der Waals surface area contributed by atoms with E-state index in [0.717, 1.165) is 6.54 Å². The molecule has 4 rings (SSSR count). The molecule has 0 bridgehead atoms. The minimum atomic E-state index is -4.76. The van der Waals surface area contributed by atoms with Gasteiger partial charge in [0, 0.05) is 32.7 Å². The molecule has 0 spiro atoms. The molecule has 12 heteroatoms. The number of amides is 2. The molecule has 1 aromatic heterocycles. The second-order valence-electron chi connectivity index (χ2n) is 7.73. The third kappa shape index (κ3) is 4.08. The predicted octanol–water partition coefficient (Wildman–Crippen LogP) is 1.71. The highest BCUT2D eigenvalue weighted by Crippen LogP contribution is 2.30. The lowest BCUT2D eigenvalue weighted by Crippen LogP contribution is -2.47. The van der Waals surface area contributed by atoms with E-state index in [1.165, 1.54) is 17.0 Å². The van der Waals surface area contributed by atoms with Crippen LogP contribution in [0.25, 0.3) is 0 Å². The highest BCUT2D eigenvalue weighted by molar-refractivity contribution is 7.91. The fourth-order valence-corrected chi connectivity index (χ4v) is 5.35. The average Bonchev–Trinajstić information content (AvgIpc) is 3.05. The van der Waals surface area contributed by atoms with E-state index in [2.05, 4.69) is 9.88 Å². The summed E-state index contributed by atoms with van der Waals surface area (Å²) in [7, 11) is -4.76. The van der Waals surface area contributed by atoms with Crippen LogP contribution in [-0.2, 0) is 9.84 Å². The Labute approximate surface area is 188 Å². The molecule has 0 aliphatic carbocycles. The van der Waals surface area contributed by atoms with Gasteiger partial charge in [0.15, 0.2) is 27.3 Å². The first-order valence-corrected chi connectivity index (χ1v) is 12.0. The summed E-state index contributed by atoms with van der Waals surface area (Å²) in [6, 6.07) is 5.95. The molecule has 2 aliphatic heterocycles. The quantitative estimate of drug-likeness (QED) is 0.457. The SMILES string of the molecule is CCN1CCN(c2nc(F)c(F)c(S(=O)(=O)CCN3C(=O)c4ccccc4C3=O)c2F)CC1. The standard InChI is InChI=1S/C21H21F3N4O4S/c1-2-26-7-9-27(10-8-26)19-16(23)17(15(22)18(24)25-19)33(31,32)12-11-28-20(29)13-5-3-4-6-14(13)21(28)30/h3-6H,2,7-12H2,1H3. The van der Waals surface area contributed by atoms with Gasteiger partial charge in [0.05, 0.1) is 16.9 Å². The van der Waals surface area contributed by atoms with E-state index in [1.54, 1.807) is 12.1 Å². The Morgan fingerprint density at radius 1 is 0.939 bits per heavy atom. The van der Waals surface area contributed by atoms with Gasteiger partial charge in [-0.1, -0.05) is 19.1 Å². The van der Waals surface area contributed by atoms with Crippen LogP contribution in [0.1, 0.15) is 27.6 Å². The van der Waals surface area contributed by atoms with Gasteiger partial charge in [-0.3, -0.25) is 14.5 Å². The van der Waals surface area contributed by atoms with Crippen molar-refractivity contribution in [1.29, 1.82) is 0 Å². The number of anilines is 1. The lowest BCUT2D eigenvalue weighted by Gasteiger charge is -2.35. The molecular formula is C21H21F3N4O4S. The second-order valence-corrected chi connectivity index (χ2v) is 9.78. The molecule has 2 aliphatic rings. The topological polar surface area (TPSA) is 90.9 Å². The van der Waals surface area contributed by atoms with Crippen LogP contribution < -0.4 is 4.90 Å². The van der Waals surface area contributed by atoms with E-state index in [1.807, 2.05) is 6.92 Å².